The van der Waals surface area contributed by atoms with Gasteiger partial charge in [0, 0.05) is 17.3 Å². The van der Waals surface area contributed by atoms with E-state index in [0.29, 0.717) is 18.8 Å². The van der Waals surface area contributed by atoms with Gasteiger partial charge in [-0.05, 0) is 69.3 Å². The van der Waals surface area contributed by atoms with E-state index in [-0.39, 0.29) is 30.1 Å². The Hall–Kier alpha value is -2.73. The zero-order valence-corrected chi connectivity index (χ0v) is 15.4. The summed E-state index contributed by atoms with van der Waals surface area (Å²) in [7, 11) is 0. The van der Waals surface area contributed by atoms with E-state index in [1.54, 1.807) is 0 Å². The van der Waals surface area contributed by atoms with Crippen molar-refractivity contribution in [2.24, 2.45) is 5.92 Å². The lowest BCUT2D eigenvalue weighted by Crippen LogP contribution is -2.41. The first-order valence-corrected chi connectivity index (χ1v) is 9.15. The number of rotatable bonds is 5. The molecule has 0 unspecified atom stereocenters. The number of hydrogen-bond donors (Lipinski definition) is 2. The summed E-state index contributed by atoms with van der Waals surface area (Å²) in [4.78, 5) is 26.6. The van der Waals surface area contributed by atoms with E-state index in [2.05, 4.69) is 10.6 Å². The Balaban J connectivity index is 1.42. The van der Waals surface area contributed by atoms with Crippen molar-refractivity contribution in [3.8, 4) is 0 Å². The molecule has 0 aromatic heterocycles. The molecule has 6 heteroatoms. The molecule has 1 saturated heterocycles. The molecule has 0 spiro atoms. The average molecular weight is 369 g/mol. The summed E-state index contributed by atoms with van der Waals surface area (Å²) < 4.78 is 12.9. The predicted octanol–water partition coefficient (Wildman–Crippen LogP) is 3.42. The van der Waals surface area contributed by atoms with Gasteiger partial charge >= 0.3 is 0 Å². The van der Waals surface area contributed by atoms with Gasteiger partial charge in [0.25, 0.3) is 0 Å². The first kappa shape index (κ1) is 19.0. The lowest BCUT2D eigenvalue weighted by molar-refractivity contribution is -0.121. The van der Waals surface area contributed by atoms with Gasteiger partial charge in [0.15, 0.2) is 0 Å². The largest absolute Gasteiger partial charge is 0.326 e. The van der Waals surface area contributed by atoms with Gasteiger partial charge in [0.2, 0.25) is 11.8 Å². The highest BCUT2D eigenvalue weighted by molar-refractivity contribution is 5.93. The van der Waals surface area contributed by atoms with E-state index in [1.807, 2.05) is 36.1 Å². The first-order chi connectivity index (χ1) is 13.0. The topological polar surface area (TPSA) is 61.4 Å². The van der Waals surface area contributed by atoms with E-state index < -0.39 is 0 Å². The Kier molecular flexibility index (Phi) is 6.19. The summed E-state index contributed by atoms with van der Waals surface area (Å²) in [5, 5.41) is 5.73. The summed E-state index contributed by atoms with van der Waals surface area (Å²) in [6.07, 6.45) is 1.45. The highest BCUT2D eigenvalue weighted by Gasteiger charge is 2.26. The number of hydrogen-bond acceptors (Lipinski definition) is 3. The molecule has 0 saturated carbocycles. The van der Waals surface area contributed by atoms with E-state index >= 15 is 0 Å². The minimum atomic E-state index is -0.334. The molecule has 2 aromatic rings. The van der Waals surface area contributed by atoms with Crippen LogP contribution in [0.3, 0.4) is 0 Å². The summed E-state index contributed by atoms with van der Waals surface area (Å²) in [6, 6.07) is 13.4. The van der Waals surface area contributed by atoms with Gasteiger partial charge in [-0.25, -0.2) is 4.39 Å². The lowest BCUT2D eigenvalue weighted by atomic mass is 9.95. The van der Waals surface area contributed by atoms with Crippen LogP contribution in [0.5, 0.6) is 0 Å². The van der Waals surface area contributed by atoms with Crippen molar-refractivity contribution in [1.29, 1.82) is 0 Å². The van der Waals surface area contributed by atoms with Crippen LogP contribution < -0.4 is 10.6 Å². The molecule has 5 nitrogen and oxygen atoms in total. The van der Waals surface area contributed by atoms with Crippen molar-refractivity contribution in [3.63, 3.8) is 0 Å². The number of benzene rings is 2. The molecule has 2 amide bonds. The number of anilines is 2. The fourth-order valence-corrected chi connectivity index (χ4v) is 3.17. The normalized spacial score (nSPS) is 15.3. The maximum absolute atomic E-state index is 12.9. The van der Waals surface area contributed by atoms with Crippen LogP contribution in [-0.2, 0) is 9.59 Å². The van der Waals surface area contributed by atoms with Gasteiger partial charge in [0.1, 0.15) is 5.82 Å². The molecule has 1 fully saturated rings. The summed E-state index contributed by atoms with van der Waals surface area (Å²) in [5.41, 5.74) is 2.54. The first-order valence-electron chi connectivity index (χ1n) is 9.15. The van der Waals surface area contributed by atoms with Crippen LogP contribution in [0.15, 0.2) is 48.5 Å². The molecule has 2 N–H and O–H groups in total. The highest BCUT2D eigenvalue weighted by Crippen LogP contribution is 2.20. The Labute approximate surface area is 158 Å². The number of aryl methyl sites for hydroxylation is 1. The third kappa shape index (κ3) is 5.62. The lowest BCUT2D eigenvalue weighted by Gasteiger charge is -2.30. The Morgan fingerprint density at radius 1 is 0.963 bits per heavy atom. The molecule has 0 bridgehead atoms. The number of likely N-dealkylation sites (tertiary alicyclic amines) is 1. The standard InChI is InChI=1S/C21H24FN3O2/c1-15-2-6-19(7-3-15)24-21(27)16-10-12-25(13-11-16)14-20(26)23-18-8-4-17(22)5-9-18/h2-9,16H,10-14H2,1H3,(H,23,26)(H,24,27). The molecule has 0 aliphatic carbocycles. The third-order valence-electron chi connectivity index (χ3n) is 4.77. The second-order valence-corrected chi connectivity index (χ2v) is 6.96. The average Bonchev–Trinajstić information content (AvgIpc) is 2.66. The number of halogens is 1. The van der Waals surface area contributed by atoms with Gasteiger partial charge < -0.3 is 10.6 Å². The van der Waals surface area contributed by atoms with Crippen LogP contribution in [0.2, 0.25) is 0 Å². The Morgan fingerprint density at radius 3 is 2.15 bits per heavy atom. The van der Waals surface area contributed by atoms with Crippen molar-refractivity contribution in [1.82, 2.24) is 4.90 Å². The van der Waals surface area contributed by atoms with Crippen molar-refractivity contribution in [2.75, 3.05) is 30.3 Å². The smallest absolute Gasteiger partial charge is 0.238 e. The molecule has 27 heavy (non-hydrogen) atoms. The quantitative estimate of drug-likeness (QED) is 0.849. The molecule has 2 aromatic carbocycles. The van der Waals surface area contributed by atoms with Gasteiger partial charge in [-0.15, -0.1) is 0 Å². The fourth-order valence-electron chi connectivity index (χ4n) is 3.17. The maximum Gasteiger partial charge on any atom is 0.238 e. The summed E-state index contributed by atoms with van der Waals surface area (Å²) in [5.74, 6) is -0.472. The van der Waals surface area contributed by atoms with Crippen LogP contribution in [0.25, 0.3) is 0 Å². The molecule has 1 aliphatic rings. The third-order valence-corrected chi connectivity index (χ3v) is 4.77. The van der Waals surface area contributed by atoms with E-state index in [9.17, 15) is 14.0 Å². The van der Waals surface area contributed by atoms with E-state index in [0.717, 1.165) is 24.1 Å². The number of piperidine rings is 1. The minimum absolute atomic E-state index is 0.0364. The molecule has 1 aliphatic heterocycles. The maximum atomic E-state index is 12.9. The SMILES string of the molecule is Cc1ccc(NC(=O)C2CCN(CC(=O)Nc3ccc(F)cc3)CC2)cc1. The molecular weight excluding hydrogens is 345 g/mol. The van der Waals surface area contributed by atoms with Gasteiger partial charge in [-0.1, -0.05) is 17.7 Å². The second-order valence-electron chi connectivity index (χ2n) is 6.96. The van der Waals surface area contributed by atoms with Crippen molar-refractivity contribution in [2.45, 2.75) is 19.8 Å². The number of nitrogens with one attached hydrogen (secondary N) is 2. The van der Waals surface area contributed by atoms with Gasteiger partial charge in [-0.3, -0.25) is 14.5 Å². The second kappa shape index (κ2) is 8.77. The number of nitrogens with zero attached hydrogens (tertiary/aromatic N) is 1. The number of amides is 2. The Bertz CT molecular complexity index is 782. The number of carbonyl (C=O) groups excluding carboxylic acids is 2. The van der Waals surface area contributed by atoms with Crippen LogP contribution in [0.1, 0.15) is 18.4 Å². The van der Waals surface area contributed by atoms with E-state index in [1.165, 1.54) is 24.3 Å². The molecule has 142 valence electrons. The molecule has 3 rings (SSSR count). The molecule has 1 heterocycles. The molecule has 0 radical (unpaired) electrons. The van der Waals surface area contributed by atoms with Crippen LogP contribution in [0, 0.1) is 18.7 Å². The summed E-state index contributed by atoms with van der Waals surface area (Å²) >= 11 is 0. The minimum Gasteiger partial charge on any atom is -0.326 e. The highest BCUT2D eigenvalue weighted by atomic mass is 19.1. The zero-order chi connectivity index (χ0) is 19.2. The number of carbonyl (C=O) groups is 2. The van der Waals surface area contributed by atoms with Crippen molar-refractivity contribution < 1.29 is 14.0 Å². The monoisotopic (exact) mass is 369 g/mol. The Morgan fingerprint density at radius 2 is 1.52 bits per heavy atom. The van der Waals surface area contributed by atoms with Crippen LogP contribution in [-0.4, -0.2) is 36.3 Å². The summed E-state index contributed by atoms with van der Waals surface area (Å²) in [6.45, 7) is 3.67. The predicted molar refractivity (Wildman–Crippen MR) is 104 cm³/mol. The van der Waals surface area contributed by atoms with Crippen LogP contribution in [0.4, 0.5) is 15.8 Å². The van der Waals surface area contributed by atoms with Crippen molar-refractivity contribution in [3.05, 3.63) is 59.9 Å². The molecule has 0 atom stereocenters. The van der Waals surface area contributed by atoms with Gasteiger partial charge in [0.05, 0.1) is 6.54 Å². The molecular formula is C21H24FN3O2. The van der Waals surface area contributed by atoms with Crippen molar-refractivity contribution >= 4 is 23.2 Å². The van der Waals surface area contributed by atoms with Gasteiger partial charge in [-0.2, -0.15) is 0 Å². The van der Waals surface area contributed by atoms with Crippen LogP contribution >= 0.6 is 0 Å². The zero-order valence-electron chi connectivity index (χ0n) is 15.4. The van der Waals surface area contributed by atoms with E-state index in [4.69, 9.17) is 0 Å². The fraction of sp³-hybridized carbons (Fsp3) is 0.333.